The van der Waals surface area contributed by atoms with Crippen LogP contribution in [0.15, 0.2) is 18.2 Å². The number of carbonyl (C=O) groups is 2. The molecule has 0 spiro atoms. The SMILES string of the molecule is Cc1cccc(C)c1C(=O)NCCCCCC(=O)O. The van der Waals surface area contributed by atoms with Gasteiger partial charge in [0.15, 0.2) is 0 Å². The third-order valence-corrected chi connectivity index (χ3v) is 3.06. The average Bonchev–Trinajstić information content (AvgIpc) is 2.33. The molecule has 0 atom stereocenters. The molecule has 1 rings (SSSR count). The molecule has 0 radical (unpaired) electrons. The number of aliphatic carboxylic acids is 1. The monoisotopic (exact) mass is 263 g/mol. The Kier molecular flexibility index (Phi) is 6.06. The number of carboxylic acids is 1. The van der Waals surface area contributed by atoms with E-state index >= 15 is 0 Å². The molecular weight excluding hydrogens is 242 g/mol. The Labute approximate surface area is 113 Å². The van der Waals surface area contributed by atoms with Gasteiger partial charge in [0.05, 0.1) is 0 Å². The van der Waals surface area contributed by atoms with E-state index in [4.69, 9.17) is 5.11 Å². The van der Waals surface area contributed by atoms with E-state index < -0.39 is 5.97 Å². The van der Waals surface area contributed by atoms with E-state index in [1.165, 1.54) is 0 Å². The summed E-state index contributed by atoms with van der Waals surface area (Å²) in [5.41, 5.74) is 2.69. The summed E-state index contributed by atoms with van der Waals surface area (Å²) < 4.78 is 0. The predicted molar refractivity (Wildman–Crippen MR) is 74.4 cm³/mol. The van der Waals surface area contributed by atoms with Crippen molar-refractivity contribution in [2.24, 2.45) is 0 Å². The third-order valence-electron chi connectivity index (χ3n) is 3.06. The molecule has 0 aromatic heterocycles. The predicted octanol–water partition coefficient (Wildman–Crippen LogP) is 2.68. The lowest BCUT2D eigenvalue weighted by atomic mass is 10.0. The summed E-state index contributed by atoms with van der Waals surface area (Å²) in [6.45, 7) is 4.44. The van der Waals surface area contributed by atoms with Gasteiger partial charge in [-0.15, -0.1) is 0 Å². The molecule has 104 valence electrons. The fourth-order valence-corrected chi connectivity index (χ4v) is 2.04. The molecule has 0 aliphatic carbocycles. The van der Waals surface area contributed by atoms with Crippen LogP contribution in [0.5, 0.6) is 0 Å². The van der Waals surface area contributed by atoms with Crippen LogP contribution in [0, 0.1) is 13.8 Å². The largest absolute Gasteiger partial charge is 0.481 e. The van der Waals surface area contributed by atoms with Gasteiger partial charge in [-0.1, -0.05) is 24.6 Å². The number of benzene rings is 1. The number of amides is 1. The Balaban J connectivity index is 2.34. The fraction of sp³-hybridized carbons (Fsp3) is 0.467. The molecule has 4 heteroatoms. The molecule has 4 nitrogen and oxygen atoms in total. The number of hydrogen-bond donors (Lipinski definition) is 2. The first-order valence-electron chi connectivity index (χ1n) is 6.58. The number of aryl methyl sites for hydroxylation is 2. The molecule has 1 aromatic rings. The van der Waals surface area contributed by atoms with E-state index in [-0.39, 0.29) is 12.3 Å². The molecule has 1 aromatic carbocycles. The first-order chi connectivity index (χ1) is 9.02. The van der Waals surface area contributed by atoms with Gasteiger partial charge < -0.3 is 10.4 Å². The van der Waals surface area contributed by atoms with Gasteiger partial charge in [0.25, 0.3) is 5.91 Å². The second-order valence-corrected chi connectivity index (χ2v) is 4.73. The quantitative estimate of drug-likeness (QED) is 0.743. The summed E-state index contributed by atoms with van der Waals surface area (Å²) in [5, 5.41) is 11.4. The summed E-state index contributed by atoms with van der Waals surface area (Å²) in [5.74, 6) is -0.812. The number of nitrogens with one attached hydrogen (secondary N) is 1. The van der Waals surface area contributed by atoms with Crippen LogP contribution in [-0.2, 0) is 4.79 Å². The van der Waals surface area contributed by atoms with Crippen LogP contribution in [0.4, 0.5) is 0 Å². The zero-order valence-electron chi connectivity index (χ0n) is 11.5. The van der Waals surface area contributed by atoms with E-state index in [1.54, 1.807) is 0 Å². The number of unbranched alkanes of at least 4 members (excludes halogenated alkanes) is 2. The van der Waals surface area contributed by atoms with Crippen molar-refractivity contribution in [1.29, 1.82) is 0 Å². The molecule has 2 N–H and O–H groups in total. The highest BCUT2D eigenvalue weighted by Crippen LogP contribution is 2.12. The third kappa shape index (κ3) is 5.12. The van der Waals surface area contributed by atoms with Gasteiger partial charge in [0.1, 0.15) is 0 Å². The summed E-state index contributed by atoms with van der Waals surface area (Å²) in [7, 11) is 0. The minimum absolute atomic E-state index is 0.0474. The van der Waals surface area contributed by atoms with E-state index in [0.717, 1.165) is 29.5 Å². The number of rotatable bonds is 7. The summed E-state index contributed by atoms with van der Waals surface area (Å²) in [4.78, 5) is 22.4. The molecule has 1 amide bonds. The standard InChI is InChI=1S/C15H21NO3/c1-11-7-6-8-12(2)14(11)15(19)16-10-5-3-4-9-13(17)18/h6-8H,3-5,9-10H2,1-2H3,(H,16,19)(H,17,18). The maximum absolute atomic E-state index is 12.0. The van der Waals surface area contributed by atoms with Gasteiger partial charge in [-0.05, 0) is 37.8 Å². The highest BCUT2D eigenvalue weighted by molar-refractivity contribution is 5.97. The van der Waals surface area contributed by atoms with Crippen molar-refractivity contribution < 1.29 is 14.7 Å². The van der Waals surface area contributed by atoms with Gasteiger partial charge in [-0.3, -0.25) is 9.59 Å². The van der Waals surface area contributed by atoms with E-state index in [1.807, 2.05) is 32.0 Å². The molecule has 0 heterocycles. The van der Waals surface area contributed by atoms with E-state index in [0.29, 0.717) is 13.0 Å². The Bertz CT molecular complexity index is 434. The maximum atomic E-state index is 12.0. The Morgan fingerprint density at radius 1 is 1.11 bits per heavy atom. The first-order valence-corrected chi connectivity index (χ1v) is 6.58. The van der Waals surface area contributed by atoms with Crippen molar-refractivity contribution in [2.75, 3.05) is 6.54 Å². The minimum Gasteiger partial charge on any atom is -0.481 e. The van der Waals surface area contributed by atoms with Crippen LogP contribution in [-0.4, -0.2) is 23.5 Å². The normalized spacial score (nSPS) is 10.2. The number of carbonyl (C=O) groups excluding carboxylic acids is 1. The Morgan fingerprint density at radius 2 is 1.74 bits per heavy atom. The number of carboxylic acid groups (broad SMARTS) is 1. The topological polar surface area (TPSA) is 66.4 Å². The zero-order chi connectivity index (χ0) is 14.3. The highest BCUT2D eigenvalue weighted by Gasteiger charge is 2.10. The van der Waals surface area contributed by atoms with Crippen molar-refractivity contribution in [1.82, 2.24) is 5.32 Å². The van der Waals surface area contributed by atoms with Crippen LogP contribution in [0.1, 0.15) is 47.2 Å². The summed E-state index contributed by atoms with van der Waals surface area (Å²) >= 11 is 0. The van der Waals surface area contributed by atoms with Gasteiger partial charge in [-0.2, -0.15) is 0 Å². The summed E-state index contributed by atoms with van der Waals surface area (Å²) in [6.07, 6.45) is 2.49. The van der Waals surface area contributed by atoms with E-state index in [2.05, 4.69) is 5.32 Å². The highest BCUT2D eigenvalue weighted by atomic mass is 16.4. The lowest BCUT2D eigenvalue weighted by molar-refractivity contribution is -0.137. The van der Waals surface area contributed by atoms with Crippen LogP contribution >= 0.6 is 0 Å². The fourth-order valence-electron chi connectivity index (χ4n) is 2.04. The van der Waals surface area contributed by atoms with Gasteiger partial charge in [0.2, 0.25) is 0 Å². The van der Waals surface area contributed by atoms with Crippen molar-refractivity contribution in [3.63, 3.8) is 0 Å². The molecule has 0 bridgehead atoms. The first kappa shape index (κ1) is 15.2. The Morgan fingerprint density at radius 3 is 2.32 bits per heavy atom. The van der Waals surface area contributed by atoms with Crippen LogP contribution in [0.3, 0.4) is 0 Å². The van der Waals surface area contributed by atoms with Gasteiger partial charge in [0, 0.05) is 18.5 Å². The molecule has 0 fully saturated rings. The van der Waals surface area contributed by atoms with Crippen molar-refractivity contribution in [2.45, 2.75) is 39.5 Å². The minimum atomic E-state index is -0.764. The van der Waals surface area contributed by atoms with Crippen molar-refractivity contribution in [3.05, 3.63) is 34.9 Å². The van der Waals surface area contributed by atoms with Crippen LogP contribution in [0.2, 0.25) is 0 Å². The molecule has 0 saturated heterocycles. The van der Waals surface area contributed by atoms with Crippen molar-refractivity contribution in [3.8, 4) is 0 Å². The zero-order valence-corrected chi connectivity index (χ0v) is 11.5. The second kappa shape index (κ2) is 7.56. The maximum Gasteiger partial charge on any atom is 0.303 e. The molecule has 0 aliphatic rings. The average molecular weight is 263 g/mol. The molecule has 0 saturated carbocycles. The second-order valence-electron chi connectivity index (χ2n) is 4.73. The number of hydrogen-bond acceptors (Lipinski definition) is 2. The van der Waals surface area contributed by atoms with Crippen LogP contribution in [0.25, 0.3) is 0 Å². The van der Waals surface area contributed by atoms with Crippen LogP contribution < -0.4 is 5.32 Å². The summed E-state index contributed by atoms with van der Waals surface area (Å²) in [6, 6.07) is 5.79. The lowest BCUT2D eigenvalue weighted by Gasteiger charge is -2.10. The molecule has 0 aliphatic heterocycles. The molecular formula is C15H21NO3. The van der Waals surface area contributed by atoms with Crippen molar-refractivity contribution >= 4 is 11.9 Å². The van der Waals surface area contributed by atoms with Gasteiger partial charge >= 0.3 is 5.97 Å². The lowest BCUT2D eigenvalue weighted by Crippen LogP contribution is -2.26. The molecule has 19 heavy (non-hydrogen) atoms. The smallest absolute Gasteiger partial charge is 0.303 e. The Hall–Kier alpha value is -1.84. The molecule has 0 unspecified atom stereocenters. The van der Waals surface area contributed by atoms with E-state index in [9.17, 15) is 9.59 Å². The van der Waals surface area contributed by atoms with Gasteiger partial charge in [-0.25, -0.2) is 0 Å².